The van der Waals surface area contributed by atoms with Crippen molar-refractivity contribution in [2.24, 2.45) is 0 Å². The van der Waals surface area contributed by atoms with Crippen LogP contribution in [0.3, 0.4) is 0 Å². The van der Waals surface area contributed by atoms with Gasteiger partial charge < -0.3 is 14.9 Å². The lowest BCUT2D eigenvalue weighted by Crippen LogP contribution is -2.19. The molecule has 8 heteroatoms. The van der Waals surface area contributed by atoms with Gasteiger partial charge in [0.2, 0.25) is 0 Å². The molecule has 0 amide bonds. The Hall–Kier alpha value is -2.09. The van der Waals surface area contributed by atoms with Crippen molar-refractivity contribution >= 4 is 11.9 Å². The van der Waals surface area contributed by atoms with Crippen molar-refractivity contribution in [3.8, 4) is 0 Å². The Balaban J connectivity index is 3.32. The minimum absolute atomic E-state index is 0.129. The fourth-order valence-corrected chi connectivity index (χ4v) is 1.36. The van der Waals surface area contributed by atoms with E-state index in [1.165, 1.54) is 6.92 Å². The van der Waals surface area contributed by atoms with E-state index < -0.39 is 46.6 Å². The molecule has 1 unspecified atom stereocenters. The SMILES string of the molecule is CCOC(=O)C(O)c1cc(F)c(C(=O)O)c(F)c1F. The third kappa shape index (κ3) is 2.84. The van der Waals surface area contributed by atoms with Gasteiger partial charge in [0.05, 0.1) is 6.61 Å². The van der Waals surface area contributed by atoms with Gasteiger partial charge in [-0.25, -0.2) is 22.8 Å². The first-order valence-corrected chi connectivity index (χ1v) is 5.06. The van der Waals surface area contributed by atoms with Crippen LogP contribution in [0.25, 0.3) is 0 Å². The number of rotatable bonds is 4. The molecule has 0 saturated heterocycles. The summed E-state index contributed by atoms with van der Waals surface area (Å²) in [5.74, 6) is -8.73. The van der Waals surface area contributed by atoms with Crippen molar-refractivity contribution < 1.29 is 37.7 Å². The largest absolute Gasteiger partial charge is 0.477 e. The van der Waals surface area contributed by atoms with Crippen LogP contribution in [0.5, 0.6) is 0 Å². The fourth-order valence-electron chi connectivity index (χ4n) is 1.36. The van der Waals surface area contributed by atoms with Crippen molar-refractivity contribution in [2.75, 3.05) is 6.61 Å². The Morgan fingerprint density at radius 1 is 1.32 bits per heavy atom. The van der Waals surface area contributed by atoms with Crippen LogP contribution >= 0.6 is 0 Å². The Kier molecular flexibility index (Phi) is 4.49. The predicted octanol–water partition coefficient (Wildman–Crippen LogP) is 1.40. The minimum Gasteiger partial charge on any atom is -0.477 e. The summed E-state index contributed by atoms with van der Waals surface area (Å²) in [7, 11) is 0. The van der Waals surface area contributed by atoms with Crippen LogP contribution < -0.4 is 0 Å². The van der Waals surface area contributed by atoms with Crippen LogP contribution in [0.1, 0.15) is 28.9 Å². The molecule has 104 valence electrons. The van der Waals surface area contributed by atoms with Gasteiger partial charge in [0.15, 0.2) is 17.7 Å². The number of esters is 1. The van der Waals surface area contributed by atoms with Crippen LogP contribution in [-0.4, -0.2) is 28.8 Å². The molecule has 1 rings (SSSR count). The molecule has 19 heavy (non-hydrogen) atoms. The van der Waals surface area contributed by atoms with E-state index in [2.05, 4.69) is 4.74 Å². The van der Waals surface area contributed by atoms with Gasteiger partial charge in [-0.05, 0) is 13.0 Å². The van der Waals surface area contributed by atoms with Gasteiger partial charge in [0, 0.05) is 5.56 Å². The van der Waals surface area contributed by atoms with Gasteiger partial charge in [0.25, 0.3) is 0 Å². The van der Waals surface area contributed by atoms with Crippen molar-refractivity contribution in [1.29, 1.82) is 0 Å². The lowest BCUT2D eigenvalue weighted by Gasteiger charge is -2.12. The zero-order valence-electron chi connectivity index (χ0n) is 9.61. The monoisotopic (exact) mass is 278 g/mol. The van der Waals surface area contributed by atoms with Crippen LogP contribution in [0, 0.1) is 17.5 Å². The molecule has 2 N–H and O–H groups in total. The number of aliphatic hydroxyl groups excluding tert-OH is 1. The summed E-state index contributed by atoms with van der Waals surface area (Å²) in [6.45, 7) is 1.28. The first-order chi connectivity index (χ1) is 8.81. The summed E-state index contributed by atoms with van der Waals surface area (Å²) in [5.41, 5.74) is -2.53. The molecule has 0 aromatic heterocycles. The lowest BCUT2D eigenvalue weighted by molar-refractivity contribution is -0.153. The van der Waals surface area contributed by atoms with Crippen LogP contribution in [-0.2, 0) is 9.53 Å². The molecule has 0 aliphatic rings. The summed E-state index contributed by atoms with van der Waals surface area (Å²) in [6.07, 6.45) is -2.24. The number of carboxylic acids is 1. The Labute approximate surface area is 105 Å². The third-order valence-electron chi connectivity index (χ3n) is 2.21. The molecule has 1 aromatic carbocycles. The summed E-state index contributed by atoms with van der Waals surface area (Å²) in [5, 5.41) is 17.9. The number of halogens is 3. The van der Waals surface area contributed by atoms with E-state index in [0.717, 1.165) is 0 Å². The molecule has 0 spiro atoms. The van der Waals surface area contributed by atoms with Crippen molar-refractivity contribution in [3.63, 3.8) is 0 Å². The fraction of sp³-hybridized carbons (Fsp3) is 0.273. The topological polar surface area (TPSA) is 83.8 Å². The van der Waals surface area contributed by atoms with Crippen molar-refractivity contribution in [3.05, 3.63) is 34.6 Å². The number of aliphatic hydroxyl groups is 1. The van der Waals surface area contributed by atoms with Crippen molar-refractivity contribution in [1.82, 2.24) is 0 Å². The molecule has 5 nitrogen and oxygen atoms in total. The first kappa shape index (κ1) is 15.0. The molecule has 0 fully saturated rings. The Morgan fingerprint density at radius 3 is 2.37 bits per heavy atom. The van der Waals surface area contributed by atoms with Gasteiger partial charge in [-0.15, -0.1) is 0 Å². The number of hydrogen-bond donors (Lipinski definition) is 2. The molecule has 0 aliphatic carbocycles. The summed E-state index contributed by atoms with van der Waals surface area (Å²) < 4.78 is 44.5. The number of carbonyl (C=O) groups is 2. The smallest absolute Gasteiger partial charge is 0.341 e. The Morgan fingerprint density at radius 2 is 1.89 bits per heavy atom. The average molecular weight is 278 g/mol. The molecule has 0 radical (unpaired) electrons. The minimum atomic E-state index is -2.24. The summed E-state index contributed by atoms with van der Waals surface area (Å²) in [4.78, 5) is 21.6. The highest BCUT2D eigenvalue weighted by Gasteiger charge is 2.30. The van der Waals surface area contributed by atoms with E-state index in [4.69, 9.17) is 5.11 Å². The number of carbonyl (C=O) groups excluding carboxylic acids is 1. The molecule has 0 heterocycles. The van der Waals surface area contributed by atoms with Gasteiger partial charge in [-0.1, -0.05) is 0 Å². The van der Waals surface area contributed by atoms with Gasteiger partial charge in [-0.3, -0.25) is 0 Å². The van der Waals surface area contributed by atoms with E-state index in [1.54, 1.807) is 0 Å². The number of aromatic carboxylic acids is 1. The second-order valence-electron chi connectivity index (χ2n) is 3.41. The second kappa shape index (κ2) is 5.70. The summed E-state index contributed by atoms with van der Waals surface area (Å²) in [6, 6.07) is 0.240. The standard InChI is InChI=1S/C11H9F3O5/c1-2-19-11(18)9(15)4-3-5(12)6(10(16)17)8(14)7(4)13/h3,9,15H,2H2,1H3,(H,16,17). The highest BCUT2D eigenvalue weighted by molar-refractivity contribution is 5.88. The van der Waals surface area contributed by atoms with Crippen LogP contribution in [0.4, 0.5) is 13.2 Å². The number of benzene rings is 1. The van der Waals surface area contributed by atoms with E-state index in [-0.39, 0.29) is 12.7 Å². The molecule has 0 saturated carbocycles. The Bertz CT molecular complexity index is 530. The normalized spacial score (nSPS) is 12.1. The van der Waals surface area contributed by atoms with Gasteiger partial charge >= 0.3 is 11.9 Å². The number of ether oxygens (including phenoxy) is 1. The number of hydrogen-bond acceptors (Lipinski definition) is 4. The third-order valence-corrected chi connectivity index (χ3v) is 2.21. The van der Waals surface area contributed by atoms with Gasteiger partial charge in [0.1, 0.15) is 11.4 Å². The van der Waals surface area contributed by atoms with E-state index in [1.807, 2.05) is 0 Å². The van der Waals surface area contributed by atoms with E-state index in [0.29, 0.717) is 0 Å². The zero-order valence-corrected chi connectivity index (χ0v) is 9.61. The molecule has 0 bridgehead atoms. The number of carboxylic acid groups (broad SMARTS) is 1. The maximum atomic E-state index is 13.5. The summed E-state index contributed by atoms with van der Waals surface area (Å²) >= 11 is 0. The second-order valence-corrected chi connectivity index (χ2v) is 3.41. The van der Waals surface area contributed by atoms with Gasteiger partial charge in [-0.2, -0.15) is 0 Å². The van der Waals surface area contributed by atoms with Crippen LogP contribution in [0.15, 0.2) is 6.07 Å². The van der Waals surface area contributed by atoms with Crippen LogP contribution in [0.2, 0.25) is 0 Å². The molecule has 1 aromatic rings. The highest BCUT2D eigenvalue weighted by Crippen LogP contribution is 2.25. The maximum absolute atomic E-state index is 13.5. The quantitative estimate of drug-likeness (QED) is 0.642. The molecular weight excluding hydrogens is 269 g/mol. The lowest BCUT2D eigenvalue weighted by atomic mass is 10.0. The maximum Gasteiger partial charge on any atom is 0.341 e. The zero-order chi connectivity index (χ0) is 14.7. The van der Waals surface area contributed by atoms with E-state index >= 15 is 0 Å². The molecular formula is C11H9F3O5. The molecule has 1 atom stereocenters. The first-order valence-electron chi connectivity index (χ1n) is 5.06. The molecule has 0 aliphatic heterocycles. The highest BCUT2D eigenvalue weighted by atomic mass is 19.2. The average Bonchev–Trinajstić information content (AvgIpc) is 2.32. The predicted molar refractivity (Wildman–Crippen MR) is 54.9 cm³/mol. The van der Waals surface area contributed by atoms with E-state index in [9.17, 15) is 27.9 Å². The van der Waals surface area contributed by atoms with Crippen molar-refractivity contribution in [2.45, 2.75) is 13.0 Å².